The van der Waals surface area contributed by atoms with Crippen LogP contribution in [0.3, 0.4) is 0 Å². The van der Waals surface area contributed by atoms with Crippen molar-refractivity contribution in [2.75, 3.05) is 6.54 Å². The molecule has 3 nitrogen and oxygen atoms in total. The Balaban J connectivity index is 4.43. The van der Waals surface area contributed by atoms with Crippen molar-refractivity contribution in [1.82, 2.24) is 4.90 Å². The zero-order chi connectivity index (χ0) is 36.4. The van der Waals surface area contributed by atoms with Gasteiger partial charge in [0.25, 0.3) is 0 Å². The molecule has 1 unspecified atom stereocenters. The molecule has 260 valence electrons. The summed E-state index contributed by atoms with van der Waals surface area (Å²) in [4.78, 5) is 16.8. The molecule has 0 aromatic carbocycles. The number of piperidine rings is 1. The van der Waals surface area contributed by atoms with Crippen LogP contribution in [-0.4, -0.2) is 28.1 Å². The number of aliphatic carboxylic acids is 1. The van der Waals surface area contributed by atoms with E-state index in [0.717, 1.165) is 35.4 Å². The number of allylic oxidation sites excluding steroid dienone is 24. The average molecular weight is 658 g/mol. The second kappa shape index (κ2) is 24.3. The maximum Gasteiger partial charge on any atom is 0.316 e. The van der Waals surface area contributed by atoms with Crippen LogP contribution in [0.4, 0.5) is 0 Å². The van der Waals surface area contributed by atoms with Crippen molar-refractivity contribution in [1.29, 1.82) is 0 Å². The number of carboxylic acids is 1. The first-order valence-electron chi connectivity index (χ1n) is 17.3. The van der Waals surface area contributed by atoms with Crippen LogP contribution >= 0.6 is 0 Å². The zero-order valence-corrected chi connectivity index (χ0v) is 30.4. The first-order valence-corrected chi connectivity index (χ1v) is 17.3. The van der Waals surface area contributed by atoms with Crippen molar-refractivity contribution in [3.05, 3.63) is 195 Å². The summed E-state index contributed by atoms with van der Waals surface area (Å²) in [6.45, 7) is 24.0. The van der Waals surface area contributed by atoms with Crippen molar-refractivity contribution in [2.45, 2.75) is 71.8 Å². The SMILES string of the molecule is C=C/C=C/C=C/C/C(=C/C)N1CCCC(C(=O)O)(/C(=C\C)C/C=C/C=C/C=C)C1(/C(=C\C)C/C=C/C=C/C=C)/C(=C\C)C/C=C/C=C/C=C. The Morgan fingerprint density at radius 1 is 0.571 bits per heavy atom. The topological polar surface area (TPSA) is 40.5 Å². The van der Waals surface area contributed by atoms with Crippen LogP contribution in [-0.2, 0) is 4.79 Å². The first kappa shape index (κ1) is 42.1. The normalized spacial score (nSPS) is 20.0. The van der Waals surface area contributed by atoms with Crippen molar-refractivity contribution in [3.8, 4) is 0 Å². The van der Waals surface area contributed by atoms with Crippen LogP contribution in [0.2, 0.25) is 0 Å². The van der Waals surface area contributed by atoms with Gasteiger partial charge in [-0.25, -0.2) is 0 Å². The Bertz CT molecular complexity index is 1430. The summed E-state index contributed by atoms with van der Waals surface area (Å²) in [7, 11) is 0. The lowest BCUT2D eigenvalue weighted by Gasteiger charge is -2.62. The van der Waals surface area contributed by atoms with Gasteiger partial charge in [-0.1, -0.05) is 178 Å². The van der Waals surface area contributed by atoms with Gasteiger partial charge in [0, 0.05) is 18.7 Å². The summed E-state index contributed by atoms with van der Waals surface area (Å²) < 4.78 is 0. The number of likely N-dealkylation sites (tertiary alicyclic amines) is 1. The highest BCUT2D eigenvalue weighted by atomic mass is 16.4. The highest BCUT2D eigenvalue weighted by molar-refractivity contribution is 5.84. The number of hydrogen-bond acceptors (Lipinski definition) is 2. The molecule has 1 N–H and O–H groups in total. The molecule has 0 saturated carbocycles. The largest absolute Gasteiger partial charge is 0.480 e. The Morgan fingerprint density at radius 3 is 1.31 bits per heavy atom. The highest BCUT2D eigenvalue weighted by Gasteiger charge is 2.65. The molecule has 0 spiro atoms. The molecule has 1 atom stereocenters. The molecule has 1 saturated heterocycles. The monoisotopic (exact) mass is 657 g/mol. The molecule has 3 heteroatoms. The smallest absolute Gasteiger partial charge is 0.316 e. The molecule has 49 heavy (non-hydrogen) atoms. The third kappa shape index (κ3) is 11.1. The van der Waals surface area contributed by atoms with Crippen molar-refractivity contribution >= 4 is 5.97 Å². The van der Waals surface area contributed by atoms with Gasteiger partial charge >= 0.3 is 5.97 Å². The molecule has 1 rings (SSSR count). The molecule has 1 heterocycles. The maximum atomic E-state index is 14.4. The molecule has 0 amide bonds. The summed E-state index contributed by atoms with van der Waals surface area (Å²) in [5.74, 6) is -0.815. The van der Waals surface area contributed by atoms with E-state index in [-0.39, 0.29) is 0 Å². The van der Waals surface area contributed by atoms with Crippen LogP contribution in [0.5, 0.6) is 0 Å². The van der Waals surface area contributed by atoms with E-state index < -0.39 is 16.9 Å². The maximum absolute atomic E-state index is 14.4. The van der Waals surface area contributed by atoms with Crippen LogP contribution in [0.25, 0.3) is 0 Å². The molecule has 0 bridgehead atoms. The van der Waals surface area contributed by atoms with E-state index in [1.54, 1.807) is 24.3 Å². The van der Waals surface area contributed by atoms with E-state index in [4.69, 9.17) is 0 Å². The number of carbonyl (C=O) groups is 1. The Labute approximate surface area is 298 Å². The third-order valence-electron chi connectivity index (χ3n) is 8.84. The number of carboxylic acid groups (broad SMARTS) is 1. The van der Waals surface area contributed by atoms with E-state index >= 15 is 0 Å². The summed E-state index contributed by atoms with van der Waals surface area (Å²) in [6.07, 6.45) is 50.8. The van der Waals surface area contributed by atoms with E-state index in [9.17, 15) is 9.90 Å². The van der Waals surface area contributed by atoms with Gasteiger partial charge in [0.1, 0.15) is 11.0 Å². The zero-order valence-electron chi connectivity index (χ0n) is 30.4. The second-order valence-electron chi connectivity index (χ2n) is 11.4. The average Bonchev–Trinajstić information content (AvgIpc) is 3.11. The van der Waals surface area contributed by atoms with Gasteiger partial charge in [-0.3, -0.25) is 4.79 Å². The minimum absolute atomic E-state index is 0.499. The molecule has 0 aromatic heterocycles. The Hall–Kier alpha value is -4.89. The van der Waals surface area contributed by atoms with Gasteiger partial charge in [0.15, 0.2) is 0 Å². The minimum Gasteiger partial charge on any atom is -0.480 e. The molecular weight excluding hydrogens is 599 g/mol. The van der Waals surface area contributed by atoms with E-state index in [2.05, 4.69) is 80.7 Å². The molecule has 1 aliphatic rings. The molecule has 0 aromatic rings. The van der Waals surface area contributed by atoms with Gasteiger partial charge in [-0.2, -0.15) is 0 Å². The number of rotatable bonds is 21. The third-order valence-corrected chi connectivity index (χ3v) is 8.84. The van der Waals surface area contributed by atoms with Crippen molar-refractivity contribution in [3.63, 3.8) is 0 Å². The van der Waals surface area contributed by atoms with Crippen LogP contribution in [0.1, 0.15) is 66.2 Å². The quantitative estimate of drug-likeness (QED) is 0.0986. The summed E-state index contributed by atoms with van der Waals surface area (Å²) >= 11 is 0. The van der Waals surface area contributed by atoms with Gasteiger partial charge in [-0.15, -0.1) is 0 Å². The van der Waals surface area contributed by atoms with E-state index in [1.165, 1.54) is 0 Å². The van der Waals surface area contributed by atoms with Crippen LogP contribution in [0, 0.1) is 5.41 Å². The molecule has 0 aliphatic carbocycles. The fourth-order valence-corrected chi connectivity index (χ4v) is 6.86. The second-order valence-corrected chi connectivity index (χ2v) is 11.4. The predicted molar refractivity (Wildman–Crippen MR) is 216 cm³/mol. The minimum atomic E-state index is -1.27. The fourth-order valence-electron chi connectivity index (χ4n) is 6.86. The summed E-state index contributed by atoms with van der Waals surface area (Å²) in [6, 6.07) is 0. The number of hydrogen-bond donors (Lipinski definition) is 1. The van der Waals surface area contributed by atoms with Crippen molar-refractivity contribution < 1.29 is 9.90 Å². The Morgan fingerprint density at radius 2 is 0.959 bits per heavy atom. The fraction of sp³-hybridized carbons (Fsp3) is 0.283. The molecular formula is C46H59NO2. The molecule has 1 aliphatic heterocycles. The van der Waals surface area contributed by atoms with E-state index in [0.29, 0.717) is 32.1 Å². The lowest BCUT2D eigenvalue weighted by molar-refractivity contribution is -0.156. The standard InChI is InChI=1S/C46H59NO2/c1-9-17-21-25-29-34-40(13-5)45(44(48)49)38-33-39-47(43(16-8)37-32-28-24-20-12-4)46(45,41(14-6)35-30-26-22-18-10-2)42(15-7)36-31-27-23-19-11-3/h9-32H,1-4,33-39H2,5-8H3,(H,48,49)/b21-17+,22-18+,23-19+,24-20+,29-25+,30-26+,31-27+,32-28+,40-13-,41-14-,42-15-,43-16-. The van der Waals surface area contributed by atoms with Crippen LogP contribution in [0.15, 0.2) is 195 Å². The van der Waals surface area contributed by atoms with E-state index in [1.807, 2.05) is 99.8 Å². The van der Waals surface area contributed by atoms with Gasteiger partial charge in [0.2, 0.25) is 0 Å². The van der Waals surface area contributed by atoms with Gasteiger partial charge < -0.3 is 10.0 Å². The van der Waals surface area contributed by atoms with Crippen molar-refractivity contribution in [2.24, 2.45) is 5.41 Å². The highest BCUT2D eigenvalue weighted by Crippen LogP contribution is 2.60. The molecule has 0 radical (unpaired) electrons. The van der Waals surface area contributed by atoms with Gasteiger partial charge in [-0.05, 0) is 70.9 Å². The predicted octanol–water partition coefficient (Wildman–Crippen LogP) is 12.4. The lowest BCUT2D eigenvalue weighted by Crippen LogP contribution is -2.68. The molecule has 1 fully saturated rings. The lowest BCUT2D eigenvalue weighted by atomic mass is 9.52. The van der Waals surface area contributed by atoms with Gasteiger partial charge in [0.05, 0.1) is 0 Å². The van der Waals surface area contributed by atoms with Crippen LogP contribution < -0.4 is 0 Å². The first-order chi connectivity index (χ1) is 23.9. The number of nitrogens with zero attached hydrogens (tertiary/aromatic N) is 1. The summed E-state index contributed by atoms with van der Waals surface area (Å²) in [5.41, 5.74) is 1.78. The Kier molecular flexibility index (Phi) is 20.9. The summed E-state index contributed by atoms with van der Waals surface area (Å²) in [5, 5.41) is 11.8.